The molecule has 1 aromatic carbocycles. The second kappa shape index (κ2) is 6.89. The van der Waals surface area contributed by atoms with Gasteiger partial charge in [-0.1, -0.05) is 26.8 Å². The molecule has 5 nitrogen and oxygen atoms in total. The summed E-state index contributed by atoms with van der Waals surface area (Å²) in [7, 11) is 0. The maximum absolute atomic E-state index is 11.8. The molecule has 4 N–H and O–H groups in total. The number of carbonyl (C=O) groups excluding carboxylic acids is 2. The van der Waals surface area contributed by atoms with Crippen molar-refractivity contribution in [2.45, 2.75) is 33.2 Å². The average molecular weight is 263 g/mol. The van der Waals surface area contributed by atoms with Gasteiger partial charge in [-0.2, -0.15) is 0 Å². The van der Waals surface area contributed by atoms with Gasteiger partial charge in [-0.15, -0.1) is 0 Å². The van der Waals surface area contributed by atoms with Gasteiger partial charge in [-0.3, -0.25) is 9.59 Å². The summed E-state index contributed by atoms with van der Waals surface area (Å²) >= 11 is 0. The lowest BCUT2D eigenvalue weighted by molar-refractivity contribution is -0.118. The quantitative estimate of drug-likeness (QED) is 0.759. The van der Waals surface area contributed by atoms with Crippen molar-refractivity contribution in [2.75, 3.05) is 10.6 Å². The molecular weight excluding hydrogens is 242 g/mol. The number of benzene rings is 1. The summed E-state index contributed by atoms with van der Waals surface area (Å²) in [6, 6.07) is 6.45. The number of hydrogen-bond donors (Lipinski definition) is 3. The largest absolute Gasteiger partial charge is 0.326 e. The summed E-state index contributed by atoms with van der Waals surface area (Å²) in [6.45, 7) is 5.56. The van der Waals surface area contributed by atoms with Gasteiger partial charge in [0, 0.05) is 17.8 Å². The Morgan fingerprint density at radius 2 is 1.79 bits per heavy atom. The van der Waals surface area contributed by atoms with Crippen LogP contribution in [-0.4, -0.2) is 17.9 Å². The minimum absolute atomic E-state index is 0.0673. The van der Waals surface area contributed by atoms with E-state index in [-0.39, 0.29) is 17.7 Å². The van der Waals surface area contributed by atoms with Crippen molar-refractivity contribution in [3.63, 3.8) is 0 Å². The van der Waals surface area contributed by atoms with Crippen LogP contribution in [0.3, 0.4) is 0 Å². The molecule has 0 saturated carbocycles. The Morgan fingerprint density at radius 3 is 2.32 bits per heavy atom. The van der Waals surface area contributed by atoms with Crippen LogP contribution in [0.5, 0.6) is 0 Å². The highest BCUT2D eigenvalue weighted by Gasteiger charge is 2.17. The zero-order valence-corrected chi connectivity index (χ0v) is 11.6. The first-order valence-corrected chi connectivity index (χ1v) is 6.40. The summed E-state index contributed by atoms with van der Waals surface area (Å²) in [5.74, 6) is -0.223. The van der Waals surface area contributed by atoms with Gasteiger partial charge in [0.1, 0.15) is 0 Å². The van der Waals surface area contributed by atoms with Crippen LogP contribution < -0.4 is 16.4 Å². The molecule has 0 heterocycles. The first-order chi connectivity index (χ1) is 8.93. The van der Waals surface area contributed by atoms with E-state index < -0.39 is 6.04 Å². The topological polar surface area (TPSA) is 84.2 Å². The van der Waals surface area contributed by atoms with Gasteiger partial charge in [0.2, 0.25) is 11.8 Å². The van der Waals surface area contributed by atoms with Crippen LogP contribution in [0.15, 0.2) is 24.3 Å². The van der Waals surface area contributed by atoms with E-state index in [9.17, 15) is 9.59 Å². The van der Waals surface area contributed by atoms with Crippen LogP contribution in [0.25, 0.3) is 0 Å². The molecule has 0 bridgehead atoms. The second-order valence-electron chi connectivity index (χ2n) is 4.74. The lowest BCUT2D eigenvalue weighted by atomic mass is 10.0. The molecule has 104 valence electrons. The number of rotatable bonds is 5. The first kappa shape index (κ1) is 15.2. The molecule has 2 amide bonds. The van der Waals surface area contributed by atoms with E-state index in [1.807, 2.05) is 13.8 Å². The highest BCUT2D eigenvalue weighted by Crippen LogP contribution is 2.16. The third-order valence-electron chi connectivity index (χ3n) is 2.76. The average Bonchev–Trinajstić information content (AvgIpc) is 2.37. The van der Waals surface area contributed by atoms with Gasteiger partial charge in [0.15, 0.2) is 0 Å². The Labute approximate surface area is 113 Å². The normalized spacial score (nSPS) is 12.1. The maximum Gasteiger partial charge on any atom is 0.241 e. The smallest absolute Gasteiger partial charge is 0.241 e. The Kier molecular flexibility index (Phi) is 5.51. The summed E-state index contributed by atoms with van der Waals surface area (Å²) in [5.41, 5.74) is 7.04. The second-order valence-corrected chi connectivity index (χ2v) is 4.74. The van der Waals surface area contributed by atoms with Crippen molar-refractivity contribution in [3.8, 4) is 0 Å². The third kappa shape index (κ3) is 4.71. The summed E-state index contributed by atoms with van der Waals surface area (Å²) in [5, 5.41) is 5.48. The maximum atomic E-state index is 11.8. The molecule has 0 spiro atoms. The number of amides is 2. The lowest BCUT2D eigenvalue weighted by Gasteiger charge is -2.15. The van der Waals surface area contributed by atoms with Gasteiger partial charge in [0.25, 0.3) is 0 Å². The summed E-state index contributed by atoms with van der Waals surface area (Å²) < 4.78 is 0. The van der Waals surface area contributed by atoms with Crippen LogP contribution in [0.2, 0.25) is 0 Å². The number of hydrogen-bond acceptors (Lipinski definition) is 3. The van der Waals surface area contributed by atoms with Gasteiger partial charge in [-0.25, -0.2) is 0 Å². The monoisotopic (exact) mass is 263 g/mol. The van der Waals surface area contributed by atoms with Crippen molar-refractivity contribution in [3.05, 3.63) is 24.3 Å². The summed E-state index contributed by atoms with van der Waals surface area (Å²) in [4.78, 5) is 23.1. The molecule has 0 aromatic heterocycles. The highest BCUT2D eigenvalue weighted by atomic mass is 16.2. The van der Waals surface area contributed by atoms with Gasteiger partial charge < -0.3 is 16.4 Å². The first-order valence-electron chi connectivity index (χ1n) is 6.40. The molecule has 0 unspecified atom stereocenters. The number of nitrogens with one attached hydrogen (secondary N) is 2. The van der Waals surface area contributed by atoms with Crippen molar-refractivity contribution in [2.24, 2.45) is 11.7 Å². The Morgan fingerprint density at radius 1 is 1.21 bits per heavy atom. The van der Waals surface area contributed by atoms with E-state index in [4.69, 9.17) is 5.73 Å². The zero-order chi connectivity index (χ0) is 14.4. The van der Waals surface area contributed by atoms with Crippen LogP contribution in [0.4, 0.5) is 11.4 Å². The number of anilines is 2. The Hall–Kier alpha value is -1.88. The molecule has 1 rings (SSSR count). The molecule has 19 heavy (non-hydrogen) atoms. The van der Waals surface area contributed by atoms with Crippen LogP contribution in [0.1, 0.15) is 27.2 Å². The third-order valence-corrected chi connectivity index (χ3v) is 2.76. The highest BCUT2D eigenvalue weighted by molar-refractivity contribution is 5.96. The molecular formula is C14H21N3O2. The van der Waals surface area contributed by atoms with Gasteiger partial charge >= 0.3 is 0 Å². The number of nitrogens with two attached hydrogens (primary N) is 1. The Balaban J connectivity index is 2.72. The van der Waals surface area contributed by atoms with E-state index in [2.05, 4.69) is 10.6 Å². The SMILES string of the molecule is CCC(=O)Nc1cccc(NC(=O)[C@@H](N)C(C)C)c1. The van der Waals surface area contributed by atoms with Crippen molar-refractivity contribution in [1.29, 1.82) is 0 Å². The lowest BCUT2D eigenvalue weighted by Crippen LogP contribution is -2.39. The minimum atomic E-state index is -0.547. The molecule has 0 fully saturated rings. The summed E-state index contributed by atoms with van der Waals surface area (Å²) in [6.07, 6.45) is 0.412. The van der Waals surface area contributed by atoms with E-state index in [0.29, 0.717) is 17.8 Å². The van der Waals surface area contributed by atoms with Crippen LogP contribution >= 0.6 is 0 Å². The van der Waals surface area contributed by atoms with Gasteiger partial charge in [0.05, 0.1) is 6.04 Å². The Bertz CT molecular complexity index is 458. The fraction of sp³-hybridized carbons (Fsp3) is 0.429. The molecule has 1 aromatic rings. The zero-order valence-electron chi connectivity index (χ0n) is 11.6. The molecule has 0 aliphatic heterocycles. The fourth-order valence-electron chi connectivity index (χ4n) is 1.45. The number of carbonyl (C=O) groups is 2. The van der Waals surface area contributed by atoms with Gasteiger partial charge in [-0.05, 0) is 24.1 Å². The predicted octanol–water partition coefficient (Wildman–Crippen LogP) is 1.96. The van der Waals surface area contributed by atoms with Crippen molar-refractivity contribution < 1.29 is 9.59 Å². The minimum Gasteiger partial charge on any atom is -0.326 e. The van der Waals surface area contributed by atoms with Crippen LogP contribution in [0, 0.1) is 5.92 Å². The molecule has 5 heteroatoms. The molecule has 1 atom stereocenters. The van der Waals surface area contributed by atoms with Crippen LogP contribution in [-0.2, 0) is 9.59 Å². The van der Waals surface area contributed by atoms with E-state index >= 15 is 0 Å². The molecule has 0 aliphatic carbocycles. The molecule has 0 saturated heterocycles. The van der Waals surface area contributed by atoms with Crippen molar-refractivity contribution >= 4 is 23.2 Å². The fourth-order valence-corrected chi connectivity index (χ4v) is 1.45. The van der Waals surface area contributed by atoms with Crippen molar-refractivity contribution in [1.82, 2.24) is 0 Å². The molecule has 0 radical (unpaired) electrons. The van der Waals surface area contributed by atoms with E-state index in [1.54, 1.807) is 31.2 Å². The predicted molar refractivity (Wildman–Crippen MR) is 76.8 cm³/mol. The van der Waals surface area contributed by atoms with E-state index in [1.165, 1.54) is 0 Å². The molecule has 0 aliphatic rings. The van der Waals surface area contributed by atoms with E-state index in [0.717, 1.165) is 0 Å². The standard InChI is InChI=1S/C14H21N3O2/c1-4-12(18)16-10-6-5-7-11(8-10)17-14(19)13(15)9(2)3/h5-9,13H,4,15H2,1-3H3,(H,16,18)(H,17,19)/t13-/m0/s1.